The summed E-state index contributed by atoms with van der Waals surface area (Å²) in [6.07, 6.45) is -0.356. The zero-order chi connectivity index (χ0) is 20.4. The molecule has 2 amide bonds. The van der Waals surface area contributed by atoms with E-state index in [1.54, 1.807) is 27.7 Å². The fraction of sp³-hybridized carbons (Fsp3) is 0.895. The third-order valence-electron chi connectivity index (χ3n) is 4.08. The molecular weight excluding hydrogens is 320 g/mol. The zero-order valence-corrected chi connectivity index (χ0v) is 17.6. The molecule has 0 aromatic carbocycles. The average molecular weight is 359 g/mol. The van der Waals surface area contributed by atoms with Gasteiger partial charge in [0.15, 0.2) is 0 Å². The maximum atomic E-state index is 12.3. The standard InChI is InChI=1S/C19H38N2O4/c1-16(2,3)14(18(7,8)24)20-12(22)11-13(23)21-15(17(4,5)6)19(9,10)25/h14-15,24-25H,11H2,1-10H3,(H,20,22)(H,21,23)/t14-,15-/m1/s1. The van der Waals surface area contributed by atoms with Crippen LogP contribution in [0.3, 0.4) is 0 Å². The van der Waals surface area contributed by atoms with Gasteiger partial charge in [-0.2, -0.15) is 0 Å². The lowest BCUT2D eigenvalue weighted by molar-refractivity contribution is -0.134. The van der Waals surface area contributed by atoms with E-state index >= 15 is 0 Å². The minimum Gasteiger partial charge on any atom is -0.388 e. The molecule has 0 saturated carbocycles. The van der Waals surface area contributed by atoms with E-state index < -0.39 is 35.1 Å². The Balaban J connectivity index is 5.04. The van der Waals surface area contributed by atoms with Crippen molar-refractivity contribution in [2.24, 2.45) is 10.8 Å². The molecule has 0 aliphatic rings. The van der Waals surface area contributed by atoms with Gasteiger partial charge in [-0.3, -0.25) is 9.59 Å². The van der Waals surface area contributed by atoms with E-state index in [4.69, 9.17) is 0 Å². The molecule has 0 aromatic heterocycles. The Kier molecular flexibility index (Phi) is 7.27. The number of aliphatic hydroxyl groups is 2. The molecule has 0 aliphatic heterocycles. The molecule has 4 N–H and O–H groups in total. The van der Waals surface area contributed by atoms with Gasteiger partial charge in [-0.15, -0.1) is 0 Å². The Labute approximate surface area is 152 Å². The van der Waals surface area contributed by atoms with Crippen molar-refractivity contribution in [2.45, 2.75) is 98.9 Å². The van der Waals surface area contributed by atoms with Crippen LogP contribution in [0.25, 0.3) is 0 Å². The van der Waals surface area contributed by atoms with E-state index in [1.807, 2.05) is 41.5 Å². The highest BCUT2D eigenvalue weighted by Crippen LogP contribution is 2.29. The summed E-state index contributed by atoms with van der Waals surface area (Å²) in [5.41, 5.74) is -2.98. The average Bonchev–Trinajstić information content (AvgIpc) is 2.27. The first-order valence-corrected chi connectivity index (χ1v) is 8.79. The third-order valence-corrected chi connectivity index (χ3v) is 4.08. The van der Waals surface area contributed by atoms with Gasteiger partial charge in [0.25, 0.3) is 0 Å². The summed E-state index contributed by atoms with van der Waals surface area (Å²) in [7, 11) is 0. The van der Waals surface area contributed by atoms with Gasteiger partial charge in [-0.1, -0.05) is 41.5 Å². The number of rotatable bonds is 6. The van der Waals surface area contributed by atoms with E-state index in [9.17, 15) is 19.8 Å². The molecule has 148 valence electrons. The van der Waals surface area contributed by atoms with Crippen molar-refractivity contribution in [3.05, 3.63) is 0 Å². The SMILES string of the molecule is CC(C)(C)[C@@H](NC(=O)CC(=O)N[C@H](C(C)(C)C)C(C)(C)O)C(C)(C)O. The molecule has 0 unspecified atom stereocenters. The van der Waals surface area contributed by atoms with Gasteiger partial charge in [0.1, 0.15) is 6.42 Å². The van der Waals surface area contributed by atoms with Crippen LogP contribution in [0.1, 0.15) is 75.7 Å². The Morgan fingerprint density at radius 2 is 0.920 bits per heavy atom. The first kappa shape index (κ1) is 23.9. The molecule has 0 rings (SSSR count). The summed E-state index contributed by atoms with van der Waals surface area (Å²) >= 11 is 0. The van der Waals surface area contributed by atoms with Gasteiger partial charge >= 0.3 is 0 Å². The van der Waals surface area contributed by atoms with Crippen molar-refractivity contribution < 1.29 is 19.8 Å². The third kappa shape index (κ3) is 8.19. The van der Waals surface area contributed by atoms with E-state index in [0.29, 0.717) is 0 Å². The number of carbonyl (C=O) groups excluding carboxylic acids is 2. The predicted molar refractivity (Wildman–Crippen MR) is 100.0 cm³/mol. The highest BCUT2D eigenvalue weighted by Gasteiger charge is 2.40. The van der Waals surface area contributed by atoms with E-state index in [2.05, 4.69) is 10.6 Å². The van der Waals surface area contributed by atoms with Gasteiger partial charge in [0, 0.05) is 0 Å². The smallest absolute Gasteiger partial charge is 0.229 e. The molecule has 0 saturated heterocycles. The van der Waals surface area contributed by atoms with E-state index in [1.165, 1.54) is 0 Å². The molecule has 6 nitrogen and oxygen atoms in total. The summed E-state index contributed by atoms with van der Waals surface area (Å²) < 4.78 is 0. The van der Waals surface area contributed by atoms with Crippen LogP contribution in [-0.4, -0.2) is 45.3 Å². The minimum atomic E-state index is -1.12. The van der Waals surface area contributed by atoms with Crippen molar-refractivity contribution in [1.29, 1.82) is 0 Å². The summed E-state index contributed by atoms with van der Waals surface area (Å²) in [6, 6.07) is -1.01. The van der Waals surface area contributed by atoms with Crippen molar-refractivity contribution in [3.63, 3.8) is 0 Å². The van der Waals surface area contributed by atoms with Crippen LogP contribution in [0, 0.1) is 10.8 Å². The Morgan fingerprint density at radius 3 is 1.08 bits per heavy atom. The molecule has 2 atom stereocenters. The minimum absolute atomic E-state index is 0.356. The topological polar surface area (TPSA) is 98.7 Å². The van der Waals surface area contributed by atoms with E-state index in [0.717, 1.165) is 0 Å². The monoisotopic (exact) mass is 358 g/mol. The second-order valence-corrected chi connectivity index (χ2v) is 10.2. The largest absolute Gasteiger partial charge is 0.388 e. The van der Waals surface area contributed by atoms with Gasteiger partial charge in [0.2, 0.25) is 11.8 Å². The molecule has 0 spiro atoms. The lowest BCUT2D eigenvalue weighted by atomic mass is 9.77. The Hall–Kier alpha value is -1.14. The molecule has 0 radical (unpaired) electrons. The van der Waals surface area contributed by atoms with Crippen LogP contribution < -0.4 is 10.6 Å². The maximum absolute atomic E-state index is 12.3. The predicted octanol–water partition coefficient (Wildman–Crippen LogP) is 1.98. The van der Waals surface area contributed by atoms with Gasteiger partial charge < -0.3 is 20.8 Å². The lowest BCUT2D eigenvalue weighted by Crippen LogP contribution is -2.58. The van der Waals surface area contributed by atoms with Gasteiger partial charge in [-0.25, -0.2) is 0 Å². The number of amides is 2. The van der Waals surface area contributed by atoms with Crippen LogP contribution in [0.5, 0.6) is 0 Å². The summed E-state index contributed by atoms with van der Waals surface area (Å²) in [6.45, 7) is 18.0. The quantitative estimate of drug-likeness (QED) is 0.546. The molecule has 25 heavy (non-hydrogen) atoms. The van der Waals surface area contributed by atoms with Crippen molar-refractivity contribution >= 4 is 11.8 Å². The normalized spacial score (nSPS) is 16.2. The van der Waals surface area contributed by atoms with Gasteiger partial charge in [-0.05, 0) is 38.5 Å². The molecule has 0 heterocycles. The molecule has 0 fully saturated rings. The fourth-order valence-electron chi connectivity index (χ4n) is 3.48. The van der Waals surface area contributed by atoms with Crippen molar-refractivity contribution in [1.82, 2.24) is 10.6 Å². The second-order valence-electron chi connectivity index (χ2n) is 10.2. The number of hydrogen-bond acceptors (Lipinski definition) is 4. The lowest BCUT2D eigenvalue weighted by Gasteiger charge is -2.40. The second kappa shape index (κ2) is 7.62. The van der Waals surface area contributed by atoms with Crippen LogP contribution in [0.15, 0.2) is 0 Å². The van der Waals surface area contributed by atoms with Crippen molar-refractivity contribution in [2.75, 3.05) is 0 Å². The van der Waals surface area contributed by atoms with Gasteiger partial charge in [0.05, 0.1) is 23.3 Å². The maximum Gasteiger partial charge on any atom is 0.229 e. The summed E-state index contributed by atoms with van der Waals surface area (Å²) in [5, 5.41) is 26.1. The summed E-state index contributed by atoms with van der Waals surface area (Å²) in [5.74, 6) is -0.911. The molecular formula is C19H38N2O4. The highest BCUT2D eigenvalue weighted by atomic mass is 16.3. The Bertz CT molecular complexity index is 402. The zero-order valence-electron chi connectivity index (χ0n) is 17.6. The van der Waals surface area contributed by atoms with E-state index in [-0.39, 0.29) is 17.3 Å². The van der Waals surface area contributed by atoms with Crippen LogP contribution in [0.2, 0.25) is 0 Å². The first-order valence-electron chi connectivity index (χ1n) is 8.79. The van der Waals surface area contributed by atoms with Crippen LogP contribution in [0.4, 0.5) is 0 Å². The number of carbonyl (C=O) groups is 2. The summed E-state index contributed by atoms with van der Waals surface area (Å²) in [4.78, 5) is 24.6. The molecule has 6 heteroatoms. The highest BCUT2D eigenvalue weighted by molar-refractivity contribution is 5.97. The molecule has 0 aromatic rings. The van der Waals surface area contributed by atoms with Crippen LogP contribution in [-0.2, 0) is 9.59 Å². The number of nitrogens with one attached hydrogen (secondary N) is 2. The fourth-order valence-corrected chi connectivity index (χ4v) is 3.48. The molecule has 0 aliphatic carbocycles. The van der Waals surface area contributed by atoms with Crippen molar-refractivity contribution in [3.8, 4) is 0 Å². The Morgan fingerprint density at radius 1 is 0.680 bits per heavy atom. The first-order chi connectivity index (χ1) is 10.8. The van der Waals surface area contributed by atoms with Crippen LogP contribution >= 0.6 is 0 Å². The number of hydrogen-bond donors (Lipinski definition) is 4. The molecule has 0 bridgehead atoms.